The Morgan fingerprint density at radius 1 is 1.45 bits per heavy atom. The highest BCUT2D eigenvalue weighted by atomic mass is 19.4. The molecule has 1 fully saturated rings. The number of rotatable bonds is 4. The van der Waals surface area contributed by atoms with Crippen molar-refractivity contribution in [2.24, 2.45) is 5.92 Å². The van der Waals surface area contributed by atoms with Crippen LogP contribution in [0.3, 0.4) is 0 Å². The molecule has 0 saturated carbocycles. The van der Waals surface area contributed by atoms with Gasteiger partial charge in [0.25, 0.3) is 0 Å². The third kappa shape index (κ3) is 3.62. The molecule has 0 aromatic carbocycles. The Labute approximate surface area is 117 Å². The fourth-order valence-corrected chi connectivity index (χ4v) is 2.64. The first kappa shape index (κ1) is 15.1. The fourth-order valence-electron chi connectivity index (χ4n) is 2.64. The molecule has 0 aliphatic carbocycles. The van der Waals surface area contributed by atoms with Gasteiger partial charge in [0.1, 0.15) is 5.82 Å². The van der Waals surface area contributed by atoms with Crippen molar-refractivity contribution in [3.8, 4) is 0 Å². The second kappa shape index (κ2) is 6.43. The number of halogens is 3. The number of hydrogen-bond donors (Lipinski definition) is 1. The standard InChI is InChI=1S/C14H20F3N3/c1-2-18-9-11-5-4-8-20(10-11)13-12(14(15,16)17)6-3-7-19-13/h3,6-7,11,18H,2,4-5,8-10H2,1H3. The van der Waals surface area contributed by atoms with Crippen molar-refractivity contribution in [2.45, 2.75) is 25.9 Å². The minimum Gasteiger partial charge on any atom is -0.356 e. The van der Waals surface area contributed by atoms with Crippen molar-refractivity contribution in [1.29, 1.82) is 0 Å². The normalized spacial score (nSPS) is 20.2. The summed E-state index contributed by atoms with van der Waals surface area (Å²) in [4.78, 5) is 5.74. The molecule has 1 saturated heterocycles. The lowest BCUT2D eigenvalue weighted by Crippen LogP contribution is -2.40. The maximum Gasteiger partial charge on any atom is 0.419 e. The van der Waals surface area contributed by atoms with E-state index in [4.69, 9.17) is 0 Å². The third-order valence-corrected chi connectivity index (χ3v) is 3.59. The maximum atomic E-state index is 13.0. The predicted octanol–water partition coefficient (Wildman–Crippen LogP) is 2.93. The molecule has 2 rings (SSSR count). The summed E-state index contributed by atoms with van der Waals surface area (Å²) in [5.74, 6) is 0.452. The molecule has 112 valence electrons. The minimum absolute atomic E-state index is 0.0706. The molecule has 1 aromatic rings. The van der Waals surface area contributed by atoms with Gasteiger partial charge in [-0.25, -0.2) is 4.98 Å². The van der Waals surface area contributed by atoms with Crippen molar-refractivity contribution >= 4 is 5.82 Å². The van der Waals surface area contributed by atoms with E-state index in [0.717, 1.165) is 32.0 Å². The van der Waals surface area contributed by atoms with E-state index in [-0.39, 0.29) is 5.82 Å². The molecule has 0 amide bonds. The van der Waals surface area contributed by atoms with Crippen LogP contribution < -0.4 is 10.2 Å². The van der Waals surface area contributed by atoms with Gasteiger partial charge in [-0.2, -0.15) is 13.2 Å². The predicted molar refractivity (Wildman–Crippen MR) is 72.7 cm³/mol. The highest BCUT2D eigenvalue weighted by Crippen LogP contribution is 2.36. The van der Waals surface area contributed by atoms with E-state index < -0.39 is 11.7 Å². The van der Waals surface area contributed by atoms with Gasteiger partial charge in [0, 0.05) is 19.3 Å². The highest BCUT2D eigenvalue weighted by molar-refractivity contribution is 5.48. The van der Waals surface area contributed by atoms with Crippen molar-refractivity contribution < 1.29 is 13.2 Å². The van der Waals surface area contributed by atoms with Gasteiger partial charge in [-0.15, -0.1) is 0 Å². The zero-order valence-electron chi connectivity index (χ0n) is 11.6. The molecule has 0 spiro atoms. The molecular formula is C14H20F3N3. The van der Waals surface area contributed by atoms with E-state index in [2.05, 4.69) is 10.3 Å². The van der Waals surface area contributed by atoms with Crippen LogP contribution in [0.2, 0.25) is 0 Å². The lowest BCUT2D eigenvalue weighted by Gasteiger charge is -2.34. The lowest BCUT2D eigenvalue weighted by molar-refractivity contribution is -0.137. The van der Waals surface area contributed by atoms with Crippen molar-refractivity contribution in [1.82, 2.24) is 10.3 Å². The van der Waals surface area contributed by atoms with E-state index in [9.17, 15) is 13.2 Å². The summed E-state index contributed by atoms with van der Waals surface area (Å²) in [6, 6.07) is 2.45. The van der Waals surface area contributed by atoms with E-state index >= 15 is 0 Å². The van der Waals surface area contributed by atoms with Gasteiger partial charge in [-0.3, -0.25) is 0 Å². The summed E-state index contributed by atoms with van der Waals surface area (Å²) >= 11 is 0. The summed E-state index contributed by atoms with van der Waals surface area (Å²) in [6.45, 7) is 5.03. The average molecular weight is 287 g/mol. The molecule has 0 bridgehead atoms. The number of anilines is 1. The Hall–Kier alpha value is -1.30. The van der Waals surface area contributed by atoms with Crippen LogP contribution in [0.5, 0.6) is 0 Å². The average Bonchev–Trinajstić information content (AvgIpc) is 2.44. The molecule has 6 heteroatoms. The number of pyridine rings is 1. The molecule has 1 aliphatic rings. The van der Waals surface area contributed by atoms with E-state index in [0.29, 0.717) is 19.0 Å². The maximum absolute atomic E-state index is 13.0. The molecule has 1 aromatic heterocycles. The zero-order valence-corrected chi connectivity index (χ0v) is 11.6. The van der Waals surface area contributed by atoms with Crippen LogP contribution in [0, 0.1) is 5.92 Å². The number of nitrogens with zero attached hydrogens (tertiary/aromatic N) is 2. The van der Waals surface area contributed by atoms with Gasteiger partial charge in [0.15, 0.2) is 0 Å². The minimum atomic E-state index is -4.35. The third-order valence-electron chi connectivity index (χ3n) is 3.59. The van der Waals surface area contributed by atoms with Crippen molar-refractivity contribution in [3.05, 3.63) is 23.9 Å². The van der Waals surface area contributed by atoms with Gasteiger partial charge >= 0.3 is 6.18 Å². The number of hydrogen-bond acceptors (Lipinski definition) is 3. The van der Waals surface area contributed by atoms with Gasteiger partial charge in [-0.05, 0) is 44.0 Å². The Balaban J connectivity index is 2.15. The van der Waals surface area contributed by atoms with E-state index in [1.165, 1.54) is 12.3 Å². The smallest absolute Gasteiger partial charge is 0.356 e. The second-order valence-electron chi connectivity index (χ2n) is 5.13. The number of aromatic nitrogens is 1. The molecule has 1 atom stereocenters. The van der Waals surface area contributed by atoms with E-state index in [1.54, 1.807) is 4.90 Å². The number of piperidine rings is 1. The molecule has 2 heterocycles. The SMILES string of the molecule is CCNCC1CCCN(c2ncccc2C(F)(F)F)C1. The largest absolute Gasteiger partial charge is 0.419 e. The fraction of sp³-hybridized carbons (Fsp3) is 0.643. The van der Waals surface area contributed by atoms with Crippen LogP contribution in [0.1, 0.15) is 25.3 Å². The van der Waals surface area contributed by atoms with Crippen LogP contribution in [-0.4, -0.2) is 31.2 Å². The van der Waals surface area contributed by atoms with Crippen LogP contribution in [-0.2, 0) is 6.18 Å². The van der Waals surface area contributed by atoms with Crippen molar-refractivity contribution in [3.63, 3.8) is 0 Å². The zero-order chi connectivity index (χ0) is 14.6. The Kier molecular flexibility index (Phi) is 4.86. The molecule has 0 radical (unpaired) electrons. The van der Waals surface area contributed by atoms with Crippen LogP contribution in [0.4, 0.5) is 19.0 Å². The van der Waals surface area contributed by atoms with E-state index in [1.807, 2.05) is 6.92 Å². The summed E-state index contributed by atoms with van der Waals surface area (Å²) in [6.07, 6.45) is -0.960. The molecular weight excluding hydrogens is 267 g/mol. The van der Waals surface area contributed by atoms with Gasteiger partial charge in [0.2, 0.25) is 0 Å². The summed E-state index contributed by atoms with van der Waals surface area (Å²) < 4.78 is 39.1. The molecule has 20 heavy (non-hydrogen) atoms. The summed E-state index contributed by atoms with van der Waals surface area (Å²) in [7, 11) is 0. The van der Waals surface area contributed by atoms with Gasteiger partial charge < -0.3 is 10.2 Å². The molecule has 1 unspecified atom stereocenters. The second-order valence-corrected chi connectivity index (χ2v) is 5.13. The summed E-state index contributed by atoms with van der Waals surface area (Å²) in [5.41, 5.74) is -0.635. The van der Waals surface area contributed by atoms with Crippen LogP contribution >= 0.6 is 0 Å². The first-order valence-electron chi connectivity index (χ1n) is 7.00. The number of alkyl halides is 3. The lowest BCUT2D eigenvalue weighted by atomic mass is 9.97. The van der Waals surface area contributed by atoms with Crippen LogP contribution in [0.15, 0.2) is 18.3 Å². The van der Waals surface area contributed by atoms with Gasteiger partial charge in [0.05, 0.1) is 5.56 Å². The quantitative estimate of drug-likeness (QED) is 0.923. The Bertz CT molecular complexity index is 434. The Morgan fingerprint density at radius 2 is 2.25 bits per heavy atom. The first-order chi connectivity index (χ1) is 9.52. The molecule has 1 N–H and O–H groups in total. The van der Waals surface area contributed by atoms with Crippen LogP contribution in [0.25, 0.3) is 0 Å². The summed E-state index contributed by atoms with van der Waals surface area (Å²) in [5, 5.41) is 3.27. The monoisotopic (exact) mass is 287 g/mol. The Morgan fingerprint density at radius 3 is 2.95 bits per heavy atom. The topological polar surface area (TPSA) is 28.2 Å². The molecule has 1 aliphatic heterocycles. The highest BCUT2D eigenvalue weighted by Gasteiger charge is 2.36. The van der Waals surface area contributed by atoms with Gasteiger partial charge in [-0.1, -0.05) is 6.92 Å². The molecule has 3 nitrogen and oxygen atoms in total. The first-order valence-corrected chi connectivity index (χ1v) is 7.00. The van der Waals surface area contributed by atoms with Crippen molar-refractivity contribution in [2.75, 3.05) is 31.1 Å². The number of nitrogens with one attached hydrogen (secondary N) is 1.